The van der Waals surface area contributed by atoms with Crippen molar-refractivity contribution in [2.45, 2.75) is 19.3 Å². The Hall–Kier alpha value is -4.80. The van der Waals surface area contributed by atoms with E-state index in [4.69, 9.17) is 9.97 Å². The van der Waals surface area contributed by atoms with E-state index in [0.29, 0.717) is 5.95 Å². The van der Waals surface area contributed by atoms with E-state index in [9.17, 15) is 0 Å². The first-order chi connectivity index (χ1) is 20.1. The molecule has 5 aromatic carbocycles. The number of thiophene rings is 1. The van der Waals surface area contributed by atoms with Crippen molar-refractivity contribution in [3.05, 3.63) is 126 Å². The molecule has 0 bridgehead atoms. The fourth-order valence-corrected chi connectivity index (χ4v) is 8.40. The second-order valence-electron chi connectivity index (χ2n) is 11.4. The van der Waals surface area contributed by atoms with Crippen LogP contribution < -0.4 is 0 Å². The van der Waals surface area contributed by atoms with Crippen molar-refractivity contribution in [2.75, 3.05) is 0 Å². The van der Waals surface area contributed by atoms with E-state index in [1.54, 1.807) is 0 Å². The third kappa shape index (κ3) is 3.03. The molecule has 8 aromatic rings. The van der Waals surface area contributed by atoms with Crippen molar-refractivity contribution in [3.8, 4) is 27.6 Å². The quantitative estimate of drug-likeness (QED) is 0.217. The second-order valence-corrected chi connectivity index (χ2v) is 12.5. The Morgan fingerprint density at radius 3 is 2.24 bits per heavy atom. The Morgan fingerprint density at radius 2 is 1.37 bits per heavy atom. The molecule has 3 aromatic heterocycles. The maximum Gasteiger partial charge on any atom is 0.235 e. The number of fused-ring (bicyclic) bond motifs is 10. The number of hydrogen-bond acceptors (Lipinski definition) is 3. The van der Waals surface area contributed by atoms with Crippen LogP contribution in [0.3, 0.4) is 0 Å². The average molecular weight is 544 g/mol. The van der Waals surface area contributed by atoms with Crippen LogP contribution >= 0.6 is 11.3 Å². The van der Waals surface area contributed by atoms with Gasteiger partial charge in [0, 0.05) is 42.1 Å². The molecule has 0 N–H and O–H groups in total. The summed E-state index contributed by atoms with van der Waals surface area (Å²) in [6.07, 6.45) is 0. The van der Waals surface area contributed by atoms with E-state index in [2.05, 4.69) is 128 Å². The van der Waals surface area contributed by atoms with Gasteiger partial charge in [0.1, 0.15) is 0 Å². The minimum Gasteiger partial charge on any atom is -0.278 e. The Kier molecular flexibility index (Phi) is 4.55. The minimum atomic E-state index is -0.0818. The van der Waals surface area contributed by atoms with Crippen LogP contribution in [0.4, 0.5) is 0 Å². The summed E-state index contributed by atoms with van der Waals surface area (Å²) in [4.78, 5) is 11.8. The molecule has 0 saturated carbocycles. The molecule has 0 aliphatic heterocycles. The maximum atomic E-state index is 5.27. The van der Waals surface area contributed by atoms with Crippen LogP contribution in [0.5, 0.6) is 0 Å². The summed E-state index contributed by atoms with van der Waals surface area (Å²) in [5, 5.41) is 4.94. The van der Waals surface area contributed by atoms with Gasteiger partial charge >= 0.3 is 0 Å². The smallest absolute Gasteiger partial charge is 0.235 e. The van der Waals surface area contributed by atoms with E-state index in [0.717, 1.165) is 33.2 Å². The van der Waals surface area contributed by atoms with Crippen LogP contribution in [0.1, 0.15) is 25.0 Å². The van der Waals surface area contributed by atoms with E-state index >= 15 is 0 Å². The molecular formula is C37H25N3S. The Labute approximate surface area is 241 Å². The lowest BCUT2D eigenvalue weighted by Crippen LogP contribution is -2.14. The Balaban J connectivity index is 1.42. The first-order valence-corrected chi connectivity index (χ1v) is 14.8. The standard InChI is InChI=1S/C37H25N3S/c1-37(2)26-17-9-6-14-23(26)35-33(37)32-30(41-35)21-20-29-31(32)25-16-8-11-19-28(25)40(29)36-38-27-18-10-7-15-24(27)34(39-36)22-12-4-3-5-13-22/h3-21H,1-2H3. The normalized spacial score (nSPS) is 13.8. The molecule has 0 spiro atoms. The molecule has 41 heavy (non-hydrogen) atoms. The zero-order valence-corrected chi connectivity index (χ0v) is 23.5. The van der Waals surface area contributed by atoms with Gasteiger partial charge in [-0.3, -0.25) is 4.57 Å². The Morgan fingerprint density at radius 1 is 0.634 bits per heavy atom. The molecule has 0 amide bonds. The highest BCUT2D eigenvalue weighted by molar-refractivity contribution is 7.22. The van der Waals surface area contributed by atoms with Gasteiger partial charge in [-0.25, -0.2) is 9.97 Å². The number of hydrogen-bond donors (Lipinski definition) is 0. The van der Waals surface area contributed by atoms with Crippen LogP contribution in [0.2, 0.25) is 0 Å². The van der Waals surface area contributed by atoms with Crippen LogP contribution in [0.15, 0.2) is 115 Å². The second kappa shape index (κ2) is 8.12. The summed E-state index contributed by atoms with van der Waals surface area (Å²) >= 11 is 1.92. The lowest BCUT2D eigenvalue weighted by molar-refractivity contribution is 0.667. The van der Waals surface area contributed by atoms with Gasteiger partial charge in [-0.1, -0.05) is 105 Å². The molecule has 9 rings (SSSR count). The average Bonchev–Trinajstić information content (AvgIpc) is 3.64. The van der Waals surface area contributed by atoms with Crippen LogP contribution in [0, 0.1) is 0 Å². The summed E-state index contributed by atoms with van der Waals surface area (Å²) in [6.45, 7) is 4.75. The number of benzene rings is 5. The highest BCUT2D eigenvalue weighted by atomic mass is 32.1. The molecule has 0 unspecified atom stereocenters. The number of aromatic nitrogens is 3. The largest absolute Gasteiger partial charge is 0.278 e. The van der Waals surface area contributed by atoms with Crippen molar-refractivity contribution in [1.82, 2.24) is 14.5 Å². The lowest BCUT2D eigenvalue weighted by atomic mass is 9.81. The molecular weight excluding hydrogens is 518 g/mol. The van der Waals surface area contributed by atoms with Gasteiger partial charge in [0.2, 0.25) is 5.95 Å². The van der Waals surface area contributed by atoms with Gasteiger partial charge in [0.15, 0.2) is 0 Å². The minimum absolute atomic E-state index is 0.0818. The van der Waals surface area contributed by atoms with Gasteiger partial charge < -0.3 is 0 Å². The van der Waals surface area contributed by atoms with E-state index in [1.165, 1.54) is 42.4 Å². The fraction of sp³-hybridized carbons (Fsp3) is 0.0811. The molecule has 3 nitrogen and oxygen atoms in total. The molecule has 0 fully saturated rings. The molecule has 1 aliphatic carbocycles. The molecule has 0 radical (unpaired) electrons. The first-order valence-electron chi connectivity index (χ1n) is 14.0. The SMILES string of the molecule is CC1(C)c2ccccc2-c2sc3ccc4c(c5ccccc5n4-c4nc(-c5ccccc5)c5ccccc5n4)c3c21. The van der Waals surface area contributed by atoms with Crippen LogP contribution in [-0.4, -0.2) is 14.5 Å². The van der Waals surface area contributed by atoms with Crippen LogP contribution in [0.25, 0.3) is 70.4 Å². The lowest BCUT2D eigenvalue weighted by Gasteiger charge is -2.21. The van der Waals surface area contributed by atoms with Gasteiger partial charge in [-0.05, 0) is 41.0 Å². The Bertz CT molecular complexity index is 2340. The zero-order chi connectivity index (χ0) is 27.3. The zero-order valence-electron chi connectivity index (χ0n) is 22.7. The summed E-state index contributed by atoms with van der Waals surface area (Å²) in [5.74, 6) is 0.697. The van der Waals surface area contributed by atoms with Gasteiger partial charge in [-0.2, -0.15) is 0 Å². The molecule has 1 aliphatic rings. The summed E-state index contributed by atoms with van der Waals surface area (Å²) in [6, 6.07) is 41.0. The van der Waals surface area contributed by atoms with Gasteiger partial charge in [-0.15, -0.1) is 11.3 Å². The van der Waals surface area contributed by atoms with E-state index < -0.39 is 0 Å². The third-order valence-corrected chi connectivity index (χ3v) is 9.99. The highest BCUT2D eigenvalue weighted by Crippen LogP contribution is 2.57. The fourth-order valence-electron chi connectivity index (χ4n) is 6.99. The summed E-state index contributed by atoms with van der Waals surface area (Å²) in [5.41, 5.74) is 9.38. The summed E-state index contributed by atoms with van der Waals surface area (Å²) < 4.78 is 3.60. The van der Waals surface area contributed by atoms with Gasteiger partial charge in [0.05, 0.1) is 22.2 Å². The van der Waals surface area contributed by atoms with Crippen molar-refractivity contribution in [2.24, 2.45) is 0 Å². The number of nitrogens with zero attached hydrogens (tertiary/aromatic N) is 3. The summed E-state index contributed by atoms with van der Waals surface area (Å²) in [7, 11) is 0. The van der Waals surface area contributed by atoms with Crippen molar-refractivity contribution in [1.29, 1.82) is 0 Å². The van der Waals surface area contributed by atoms with Gasteiger partial charge in [0.25, 0.3) is 0 Å². The molecule has 0 saturated heterocycles. The highest BCUT2D eigenvalue weighted by Gasteiger charge is 2.39. The molecule has 194 valence electrons. The van der Waals surface area contributed by atoms with Crippen molar-refractivity contribution in [3.63, 3.8) is 0 Å². The first kappa shape index (κ1) is 23.0. The van der Waals surface area contributed by atoms with E-state index in [-0.39, 0.29) is 5.41 Å². The van der Waals surface area contributed by atoms with E-state index in [1.807, 2.05) is 17.4 Å². The molecule has 4 heteroatoms. The predicted molar refractivity (Wildman–Crippen MR) is 172 cm³/mol. The number of rotatable bonds is 2. The maximum absolute atomic E-state index is 5.27. The molecule has 3 heterocycles. The van der Waals surface area contributed by atoms with Crippen LogP contribution in [-0.2, 0) is 5.41 Å². The van der Waals surface area contributed by atoms with Crippen molar-refractivity contribution >= 4 is 54.1 Å². The monoisotopic (exact) mass is 543 g/mol. The topological polar surface area (TPSA) is 30.7 Å². The number of para-hydroxylation sites is 2. The van der Waals surface area contributed by atoms with Crippen molar-refractivity contribution < 1.29 is 0 Å². The molecule has 0 atom stereocenters. The predicted octanol–water partition coefficient (Wildman–Crippen LogP) is 9.91. The third-order valence-electron chi connectivity index (χ3n) is 8.80.